The lowest BCUT2D eigenvalue weighted by Gasteiger charge is -2.10. The van der Waals surface area contributed by atoms with Crippen molar-refractivity contribution < 1.29 is 9.53 Å². The van der Waals surface area contributed by atoms with Crippen LogP contribution in [0.15, 0.2) is 36.4 Å². The minimum atomic E-state index is 0.405. The van der Waals surface area contributed by atoms with E-state index in [2.05, 4.69) is 0 Å². The van der Waals surface area contributed by atoms with Gasteiger partial charge in [0.1, 0.15) is 11.5 Å². The molecule has 0 radical (unpaired) electrons. The second kappa shape index (κ2) is 5.42. The molecule has 0 heterocycles. The highest BCUT2D eigenvalue weighted by Crippen LogP contribution is 2.30. The Balaban J connectivity index is 2.39. The van der Waals surface area contributed by atoms with Gasteiger partial charge in [0.2, 0.25) is 0 Å². The molecule has 2 aromatic carbocycles. The van der Waals surface area contributed by atoms with E-state index in [0.29, 0.717) is 33.4 Å². The first-order valence-electron chi connectivity index (χ1n) is 5.29. The van der Waals surface area contributed by atoms with E-state index in [1.54, 1.807) is 30.3 Å². The van der Waals surface area contributed by atoms with Crippen LogP contribution < -0.4 is 4.74 Å². The van der Waals surface area contributed by atoms with Gasteiger partial charge in [-0.25, -0.2) is 0 Å². The maximum absolute atomic E-state index is 11.0. The first kappa shape index (κ1) is 12.9. The predicted octanol–water partition coefficient (Wildman–Crippen LogP) is 4.91. The van der Waals surface area contributed by atoms with Crippen LogP contribution in [0, 0.1) is 6.92 Å². The molecular weight excluding hydrogens is 271 g/mol. The van der Waals surface area contributed by atoms with Gasteiger partial charge in [-0.2, -0.15) is 0 Å². The smallest absolute Gasteiger partial charge is 0.153 e. The van der Waals surface area contributed by atoms with E-state index in [-0.39, 0.29) is 0 Å². The van der Waals surface area contributed by atoms with Crippen molar-refractivity contribution in [1.29, 1.82) is 0 Å². The Labute approximate surface area is 115 Å². The predicted molar refractivity (Wildman–Crippen MR) is 73.1 cm³/mol. The average molecular weight is 281 g/mol. The van der Waals surface area contributed by atoms with Crippen molar-refractivity contribution in [2.75, 3.05) is 0 Å². The number of ether oxygens (including phenoxy) is 1. The van der Waals surface area contributed by atoms with Crippen LogP contribution in [0.1, 0.15) is 15.9 Å². The molecule has 0 spiro atoms. The summed E-state index contributed by atoms with van der Waals surface area (Å²) in [5.74, 6) is 1.08. The van der Waals surface area contributed by atoms with Crippen molar-refractivity contribution in [2.24, 2.45) is 0 Å². The summed E-state index contributed by atoms with van der Waals surface area (Å²) in [5.41, 5.74) is 1.34. The van der Waals surface area contributed by atoms with Gasteiger partial charge in [-0.3, -0.25) is 4.79 Å². The lowest BCUT2D eigenvalue weighted by atomic mass is 10.2. The molecule has 0 saturated carbocycles. The summed E-state index contributed by atoms with van der Waals surface area (Å²) in [5, 5.41) is 1.07. The number of hydrogen-bond donors (Lipinski definition) is 0. The molecule has 2 nitrogen and oxygen atoms in total. The van der Waals surface area contributed by atoms with E-state index in [1.165, 1.54) is 0 Å². The molecular formula is C14H10Cl2O2. The topological polar surface area (TPSA) is 26.3 Å². The quantitative estimate of drug-likeness (QED) is 0.747. The summed E-state index contributed by atoms with van der Waals surface area (Å²) in [7, 11) is 0. The Morgan fingerprint density at radius 1 is 1.00 bits per heavy atom. The van der Waals surface area contributed by atoms with Crippen LogP contribution >= 0.6 is 23.2 Å². The summed E-state index contributed by atoms with van der Waals surface area (Å²) in [6, 6.07) is 10.2. The summed E-state index contributed by atoms with van der Waals surface area (Å²) in [4.78, 5) is 11.0. The van der Waals surface area contributed by atoms with Gasteiger partial charge in [-0.1, -0.05) is 29.3 Å². The molecule has 0 amide bonds. The number of halogens is 2. The van der Waals surface area contributed by atoms with Crippen molar-refractivity contribution in [3.05, 3.63) is 57.6 Å². The summed E-state index contributed by atoms with van der Waals surface area (Å²) >= 11 is 11.7. The minimum Gasteiger partial charge on any atom is -0.456 e. The molecule has 0 unspecified atom stereocenters. The molecule has 0 aromatic heterocycles. The zero-order chi connectivity index (χ0) is 13.1. The minimum absolute atomic E-state index is 0.405. The van der Waals surface area contributed by atoms with Crippen LogP contribution in [0.4, 0.5) is 0 Å². The number of aldehydes is 1. The average Bonchev–Trinajstić information content (AvgIpc) is 2.36. The molecule has 0 aliphatic rings. The second-order valence-electron chi connectivity index (χ2n) is 3.81. The highest BCUT2D eigenvalue weighted by Gasteiger charge is 2.07. The highest BCUT2D eigenvalue weighted by molar-refractivity contribution is 6.31. The van der Waals surface area contributed by atoms with Crippen LogP contribution in [0.2, 0.25) is 10.0 Å². The van der Waals surface area contributed by atoms with Crippen molar-refractivity contribution in [1.82, 2.24) is 0 Å². The molecule has 18 heavy (non-hydrogen) atoms. The van der Waals surface area contributed by atoms with E-state index in [0.717, 1.165) is 5.56 Å². The summed E-state index contributed by atoms with van der Waals surface area (Å²) in [6.45, 7) is 1.90. The molecule has 2 rings (SSSR count). The van der Waals surface area contributed by atoms with Gasteiger partial charge in [0.15, 0.2) is 6.29 Å². The normalized spacial score (nSPS) is 10.2. The first-order valence-corrected chi connectivity index (χ1v) is 6.04. The lowest BCUT2D eigenvalue weighted by molar-refractivity contribution is 0.112. The lowest BCUT2D eigenvalue weighted by Crippen LogP contribution is -1.92. The molecule has 0 saturated heterocycles. The number of aryl methyl sites for hydroxylation is 1. The van der Waals surface area contributed by atoms with Gasteiger partial charge < -0.3 is 4.74 Å². The van der Waals surface area contributed by atoms with E-state index in [4.69, 9.17) is 27.9 Å². The van der Waals surface area contributed by atoms with E-state index >= 15 is 0 Å². The fourth-order valence-corrected chi connectivity index (χ4v) is 1.85. The van der Waals surface area contributed by atoms with Gasteiger partial charge in [-0.05, 0) is 42.8 Å². The van der Waals surface area contributed by atoms with Gasteiger partial charge in [0.25, 0.3) is 0 Å². The monoisotopic (exact) mass is 280 g/mol. The molecule has 0 atom stereocenters. The van der Waals surface area contributed by atoms with Gasteiger partial charge in [0, 0.05) is 10.0 Å². The van der Waals surface area contributed by atoms with Crippen LogP contribution in [0.5, 0.6) is 11.5 Å². The number of carbonyl (C=O) groups excluding carboxylic acids is 1. The van der Waals surface area contributed by atoms with Gasteiger partial charge in [0.05, 0.1) is 5.56 Å². The Morgan fingerprint density at radius 2 is 1.67 bits per heavy atom. The van der Waals surface area contributed by atoms with Crippen LogP contribution in [0.3, 0.4) is 0 Å². The van der Waals surface area contributed by atoms with Gasteiger partial charge in [-0.15, -0.1) is 0 Å². The number of carbonyl (C=O) groups is 1. The van der Waals surface area contributed by atoms with E-state index < -0.39 is 0 Å². The van der Waals surface area contributed by atoms with E-state index in [9.17, 15) is 4.79 Å². The number of hydrogen-bond acceptors (Lipinski definition) is 2. The standard InChI is InChI=1S/C14H10Cl2O2/c1-9-2-3-12(16)7-14(9)18-13-5-4-11(15)6-10(13)8-17/h2-8H,1H3. The maximum atomic E-state index is 11.0. The molecule has 0 N–H and O–H groups in total. The third-order valence-electron chi connectivity index (χ3n) is 2.47. The fraction of sp³-hybridized carbons (Fsp3) is 0.0714. The first-order chi connectivity index (χ1) is 8.60. The zero-order valence-electron chi connectivity index (χ0n) is 9.61. The van der Waals surface area contributed by atoms with Crippen molar-refractivity contribution in [3.63, 3.8) is 0 Å². The molecule has 92 valence electrons. The summed E-state index contributed by atoms with van der Waals surface area (Å²) in [6.07, 6.45) is 0.709. The fourth-order valence-electron chi connectivity index (χ4n) is 1.51. The number of rotatable bonds is 3. The van der Waals surface area contributed by atoms with Crippen LogP contribution in [-0.4, -0.2) is 6.29 Å². The summed E-state index contributed by atoms with van der Waals surface area (Å²) < 4.78 is 5.69. The Morgan fingerprint density at radius 3 is 2.39 bits per heavy atom. The van der Waals surface area contributed by atoms with Crippen molar-refractivity contribution >= 4 is 29.5 Å². The van der Waals surface area contributed by atoms with Crippen molar-refractivity contribution in [3.8, 4) is 11.5 Å². The molecule has 0 fully saturated rings. The SMILES string of the molecule is Cc1ccc(Cl)cc1Oc1ccc(Cl)cc1C=O. The molecule has 0 aliphatic heterocycles. The Bertz CT molecular complexity index is 594. The Kier molecular flexibility index (Phi) is 3.90. The zero-order valence-corrected chi connectivity index (χ0v) is 11.1. The second-order valence-corrected chi connectivity index (χ2v) is 4.68. The number of benzene rings is 2. The van der Waals surface area contributed by atoms with Crippen molar-refractivity contribution in [2.45, 2.75) is 6.92 Å². The third-order valence-corrected chi connectivity index (χ3v) is 2.94. The molecule has 0 bridgehead atoms. The molecule has 0 aliphatic carbocycles. The van der Waals surface area contributed by atoms with Gasteiger partial charge >= 0.3 is 0 Å². The maximum Gasteiger partial charge on any atom is 0.153 e. The largest absolute Gasteiger partial charge is 0.456 e. The highest BCUT2D eigenvalue weighted by atomic mass is 35.5. The van der Waals surface area contributed by atoms with Crippen LogP contribution in [0.25, 0.3) is 0 Å². The third kappa shape index (κ3) is 2.84. The molecule has 4 heteroatoms. The van der Waals surface area contributed by atoms with Crippen LogP contribution in [-0.2, 0) is 0 Å². The van der Waals surface area contributed by atoms with E-state index in [1.807, 2.05) is 13.0 Å². The molecule has 2 aromatic rings. The Hall–Kier alpha value is -1.51.